The molecule has 0 aliphatic carbocycles. The molecule has 7 nitrogen and oxygen atoms in total. The van der Waals surface area contributed by atoms with Crippen molar-refractivity contribution in [3.8, 4) is 11.3 Å². The minimum atomic E-state index is -0.539. The van der Waals surface area contributed by atoms with E-state index in [2.05, 4.69) is 15.7 Å². The molecule has 0 aliphatic rings. The van der Waals surface area contributed by atoms with E-state index in [1.54, 1.807) is 44.2 Å². The number of aromatic nitrogens is 2. The molecule has 154 valence electrons. The number of nitrogens with zero attached hydrogens (tertiary/aromatic N) is 2. The van der Waals surface area contributed by atoms with Crippen molar-refractivity contribution in [2.45, 2.75) is 27.3 Å². The summed E-state index contributed by atoms with van der Waals surface area (Å²) in [6.07, 6.45) is 0. The average molecular weight is 404 g/mol. The Morgan fingerprint density at radius 3 is 2.30 bits per heavy atom. The van der Waals surface area contributed by atoms with Crippen molar-refractivity contribution in [2.75, 3.05) is 10.6 Å². The third kappa shape index (κ3) is 5.20. The molecule has 0 saturated carbocycles. The molecule has 0 radical (unpaired) electrons. The van der Waals surface area contributed by atoms with Crippen LogP contribution in [0.3, 0.4) is 0 Å². The molecule has 2 aromatic carbocycles. The topological polar surface area (TPSA) is 93.1 Å². The van der Waals surface area contributed by atoms with Crippen molar-refractivity contribution in [1.29, 1.82) is 0 Å². The van der Waals surface area contributed by atoms with E-state index in [1.165, 1.54) is 0 Å². The van der Waals surface area contributed by atoms with Gasteiger partial charge in [-0.3, -0.25) is 14.4 Å². The fourth-order valence-electron chi connectivity index (χ4n) is 2.74. The number of carbonyl (C=O) groups is 2. The average Bonchev–Trinajstić information content (AvgIpc) is 2.72. The third-order valence-corrected chi connectivity index (χ3v) is 4.45. The maximum absolute atomic E-state index is 12.9. The van der Waals surface area contributed by atoms with Crippen LogP contribution in [0.25, 0.3) is 11.3 Å². The van der Waals surface area contributed by atoms with E-state index in [4.69, 9.17) is 0 Å². The van der Waals surface area contributed by atoms with Crippen LogP contribution in [-0.2, 0) is 16.1 Å². The predicted molar refractivity (Wildman–Crippen MR) is 117 cm³/mol. The first-order valence-electron chi connectivity index (χ1n) is 9.68. The zero-order chi connectivity index (χ0) is 21.7. The molecule has 0 unspecified atom stereocenters. The van der Waals surface area contributed by atoms with Gasteiger partial charge in [0.25, 0.3) is 5.56 Å². The van der Waals surface area contributed by atoms with Gasteiger partial charge in [-0.1, -0.05) is 61.9 Å². The van der Waals surface area contributed by atoms with E-state index < -0.39 is 11.5 Å². The number of para-hydroxylation sites is 1. The Bertz CT molecular complexity index is 1100. The quantitative estimate of drug-likeness (QED) is 0.658. The van der Waals surface area contributed by atoms with Gasteiger partial charge in [-0.15, -0.1) is 0 Å². The number of aryl methyl sites for hydroxylation is 1. The van der Waals surface area contributed by atoms with Gasteiger partial charge in [-0.05, 0) is 25.1 Å². The van der Waals surface area contributed by atoms with E-state index in [1.807, 2.05) is 37.3 Å². The fraction of sp³-hybridized carbons (Fsp3) is 0.217. The Balaban J connectivity index is 1.96. The summed E-state index contributed by atoms with van der Waals surface area (Å²) in [5.74, 6) is -0.971. The highest BCUT2D eigenvalue weighted by Gasteiger charge is 2.16. The molecule has 30 heavy (non-hydrogen) atoms. The second kappa shape index (κ2) is 9.17. The van der Waals surface area contributed by atoms with Crippen LogP contribution < -0.4 is 16.2 Å². The number of hydrogen-bond donors (Lipinski definition) is 2. The number of nitrogens with one attached hydrogen (secondary N) is 2. The lowest BCUT2D eigenvalue weighted by Crippen LogP contribution is -2.33. The smallest absolute Gasteiger partial charge is 0.291 e. The molecule has 3 rings (SSSR count). The maximum atomic E-state index is 12.9. The molecule has 2 N–H and O–H groups in total. The lowest BCUT2D eigenvalue weighted by atomic mass is 10.1. The van der Waals surface area contributed by atoms with E-state index in [9.17, 15) is 14.4 Å². The zero-order valence-electron chi connectivity index (χ0n) is 17.2. The van der Waals surface area contributed by atoms with Crippen LogP contribution in [0.1, 0.15) is 19.4 Å². The van der Waals surface area contributed by atoms with Gasteiger partial charge in [0.2, 0.25) is 11.8 Å². The summed E-state index contributed by atoms with van der Waals surface area (Å²) in [6.45, 7) is 5.17. The molecule has 0 saturated heterocycles. The number of benzene rings is 2. The summed E-state index contributed by atoms with van der Waals surface area (Å²) in [7, 11) is 0. The van der Waals surface area contributed by atoms with Crippen LogP contribution in [0.15, 0.2) is 65.5 Å². The lowest BCUT2D eigenvalue weighted by Gasteiger charge is -2.13. The number of hydrogen-bond acceptors (Lipinski definition) is 4. The van der Waals surface area contributed by atoms with Crippen LogP contribution in [0.4, 0.5) is 11.4 Å². The molecule has 0 aliphatic heterocycles. The van der Waals surface area contributed by atoms with Crippen molar-refractivity contribution < 1.29 is 9.59 Å². The Hall–Kier alpha value is -3.74. The summed E-state index contributed by atoms with van der Waals surface area (Å²) in [6, 6.07) is 18.1. The summed E-state index contributed by atoms with van der Waals surface area (Å²) >= 11 is 0. The second-order valence-corrected chi connectivity index (χ2v) is 7.33. The number of rotatable bonds is 6. The highest BCUT2D eigenvalue weighted by molar-refractivity contribution is 5.93. The number of carbonyl (C=O) groups excluding carboxylic acids is 2. The molecule has 0 fully saturated rings. The second-order valence-electron chi connectivity index (χ2n) is 7.33. The van der Waals surface area contributed by atoms with Gasteiger partial charge < -0.3 is 10.6 Å². The van der Waals surface area contributed by atoms with Crippen LogP contribution >= 0.6 is 0 Å². The van der Waals surface area contributed by atoms with Crippen molar-refractivity contribution in [2.24, 2.45) is 5.92 Å². The third-order valence-electron chi connectivity index (χ3n) is 4.45. The first-order valence-corrected chi connectivity index (χ1v) is 9.68. The molecule has 1 aromatic heterocycles. The van der Waals surface area contributed by atoms with Gasteiger partial charge >= 0.3 is 0 Å². The standard InChI is InChI=1S/C23H24N4O3/c1-15(2)22(29)25-20-13-19(17-11-9-16(3)10-12-17)26-27(23(20)30)14-21(28)24-18-7-5-4-6-8-18/h4-13,15H,14H2,1-3H3,(H,24,28)(H,25,29). The van der Waals surface area contributed by atoms with Crippen molar-refractivity contribution >= 4 is 23.2 Å². The largest absolute Gasteiger partial charge is 0.324 e. The molecule has 3 aromatic rings. The SMILES string of the molecule is Cc1ccc(-c2cc(NC(=O)C(C)C)c(=O)n(CC(=O)Nc3ccccc3)n2)cc1. The van der Waals surface area contributed by atoms with Crippen molar-refractivity contribution in [1.82, 2.24) is 9.78 Å². The minimum absolute atomic E-state index is 0.0896. The van der Waals surface area contributed by atoms with E-state index >= 15 is 0 Å². The van der Waals surface area contributed by atoms with Crippen LogP contribution in [0.2, 0.25) is 0 Å². The predicted octanol–water partition coefficient (Wildman–Crippen LogP) is 3.45. The lowest BCUT2D eigenvalue weighted by molar-refractivity contribution is -0.119. The Kier molecular flexibility index (Phi) is 6.41. The highest BCUT2D eigenvalue weighted by atomic mass is 16.2. The summed E-state index contributed by atoms with van der Waals surface area (Å²) < 4.78 is 1.07. The Labute approximate surface area is 174 Å². The van der Waals surface area contributed by atoms with Gasteiger partial charge in [0.05, 0.1) is 5.69 Å². The summed E-state index contributed by atoms with van der Waals surface area (Å²) in [4.78, 5) is 37.5. The van der Waals surface area contributed by atoms with Crippen molar-refractivity contribution in [3.63, 3.8) is 0 Å². The Morgan fingerprint density at radius 1 is 1.00 bits per heavy atom. The van der Waals surface area contributed by atoms with Crippen LogP contribution in [-0.4, -0.2) is 21.6 Å². The number of amides is 2. The highest BCUT2D eigenvalue weighted by Crippen LogP contribution is 2.19. The van der Waals surface area contributed by atoms with Crippen molar-refractivity contribution in [3.05, 3.63) is 76.6 Å². The van der Waals surface area contributed by atoms with E-state index in [0.29, 0.717) is 11.4 Å². The molecule has 0 spiro atoms. The van der Waals surface area contributed by atoms with E-state index in [0.717, 1.165) is 15.8 Å². The van der Waals surface area contributed by atoms with Crippen LogP contribution in [0, 0.1) is 12.8 Å². The molecule has 2 amide bonds. The van der Waals surface area contributed by atoms with E-state index in [-0.39, 0.29) is 24.1 Å². The first kappa shape index (κ1) is 21.0. The Morgan fingerprint density at radius 2 is 1.67 bits per heavy atom. The minimum Gasteiger partial charge on any atom is -0.324 e. The maximum Gasteiger partial charge on any atom is 0.291 e. The summed E-state index contributed by atoms with van der Waals surface area (Å²) in [5, 5.41) is 9.75. The zero-order valence-corrected chi connectivity index (χ0v) is 17.2. The van der Waals surface area contributed by atoms with Gasteiger partial charge in [0.1, 0.15) is 12.2 Å². The fourth-order valence-corrected chi connectivity index (χ4v) is 2.74. The monoisotopic (exact) mass is 404 g/mol. The molecule has 0 bridgehead atoms. The molecule has 7 heteroatoms. The van der Waals surface area contributed by atoms with Gasteiger partial charge in [-0.2, -0.15) is 5.10 Å². The molecular weight excluding hydrogens is 380 g/mol. The van der Waals surface area contributed by atoms with Gasteiger partial charge in [0.15, 0.2) is 0 Å². The molecule has 0 atom stereocenters. The number of anilines is 2. The summed E-state index contributed by atoms with van der Waals surface area (Å²) in [5.41, 5.74) is 2.52. The molecule has 1 heterocycles. The normalized spacial score (nSPS) is 10.7. The van der Waals surface area contributed by atoms with Gasteiger partial charge in [0, 0.05) is 17.2 Å². The first-order chi connectivity index (χ1) is 14.3. The van der Waals surface area contributed by atoms with Crippen LogP contribution in [0.5, 0.6) is 0 Å². The molecular formula is C23H24N4O3. The van der Waals surface area contributed by atoms with Gasteiger partial charge in [-0.25, -0.2) is 4.68 Å².